The van der Waals surface area contributed by atoms with Crippen LogP contribution in [-0.2, 0) is 6.54 Å². The van der Waals surface area contributed by atoms with Crippen molar-refractivity contribution in [2.75, 3.05) is 19.6 Å². The first kappa shape index (κ1) is 18.7. The number of benzene rings is 1. The zero-order valence-corrected chi connectivity index (χ0v) is 17.5. The summed E-state index contributed by atoms with van der Waals surface area (Å²) in [6, 6.07) is 12.2. The second-order valence-corrected chi connectivity index (χ2v) is 9.40. The lowest BCUT2D eigenvalue weighted by Crippen LogP contribution is -2.55. The minimum absolute atomic E-state index is 0.0164. The lowest BCUT2D eigenvalue weighted by Gasteiger charge is -2.45. The van der Waals surface area contributed by atoms with Crippen LogP contribution in [0, 0.1) is 12.8 Å². The third-order valence-electron chi connectivity index (χ3n) is 6.21. The van der Waals surface area contributed by atoms with Crippen molar-refractivity contribution in [3.8, 4) is 16.3 Å². The summed E-state index contributed by atoms with van der Waals surface area (Å²) in [4.78, 5) is 20.9. The third kappa shape index (κ3) is 3.80. The highest BCUT2D eigenvalue weighted by Gasteiger charge is 2.33. The van der Waals surface area contributed by atoms with Crippen LogP contribution in [0.1, 0.15) is 23.3 Å². The van der Waals surface area contributed by atoms with Gasteiger partial charge in [0.2, 0.25) is 0 Å². The first-order chi connectivity index (χ1) is 14.2. The van der Waals surface area contributed by atoms with Gasteiger partial charge in [-0.15, -0.1) is 11.3 Å². The molecular weight excluding hydrogens is 380 g/mol. The number of para-hydroxylation sites is 1. The summed E-state index contributed by atoms with van der Waals surface area (Å²) in [5.74, 6) is 0.791. The molecule has 0 saturated carbocycles. The molecule has 3 aliphatic rings. The Bertz CT molecular complexity index is 1060. The molecule has 150 valence electrons. The molecule has 0 aliphatic carbocycles. The van der Waals surface area contributed by atoms with Crippen LogP contribution in [0.2, 0.25) is 0 Å². The molecule has 3 aromatic rings. The van der Waals surface area contributed by atoms with E-state index in [0.717, 1.165) is 45.7 Å². The molecule has 6 rings (SSSR count). The van der Waals surface area contributed by atoms with Crippen LogP contribution < -0.4 is 10.9 Å². The normalized spacial score (nSPS) is 23.4. The van der Waals surface area contributed by atoms with Gasteiger partial charge in [0.05, 0.1) is 5.69 Å². The molecule has 3 aliphatic heterocycles. The van der Waals surface area contributed by atoms with Crippen molar-refractivity contribution in [1.29, 1.82) is 0 Å². The number of nitrogens with one attached hydrogen (secondary N) is 1. The number of nitrogens with zero attached hydrogens (tertiary/aromatic N) is 3. The summed E-state index contributed by atoms with van der Waals surface area (Å²) in [6.45, 7) is 6.49. The Kier molecular flexibility index (Phi) is 5.08. The summed E-state index contributed by atoms with van der Waals surface area (Å²) in [7, 11) is 0. The van der Waals surface area contributed by atoms with Crippen molar-refractivity contribution < 1.29 is 0 Å². The Hall–Kier alpha value is -2.28. The van der Waals surface area contributed by atoms with Crippen LogP contribution in [0.4, 0.5) is 0 Å². The van der Waals surface area contributed by atoms with E-state index in [9.17, 15) is 4.79 Å². The summed E-state index contributed by atoms with van der Waals surface area (Å²) >= 11 is 1.65. The summed E-state index contributed by atoms with van der Waals surface area (Å²) in [6.07, 6.45) is 6.47. The Morgan fingerprint density at radius 3 is 2.72 bits per heavy atom. The number of aryl methyl sites for hydroxylation is 1. The number of thiazole rings is 1. The molecule has 0 spiro atoms. The fourth-order valence-electron chi connectivity index (χ4n) is 4.61. The number of pyridine rings is 1. The molecule has 2 bridgehead atoms. The fourth-order valence-corrected chi connectivity index (χ4v) is 5.41. The molecule has 5 heterocycles. The van der Waals surface area contributed by atoms with E-state index in [1.54, 1.807) is 22.0 Å². The van der Waals surface area contributed by atoms with Gasteiger partial charge < -0.3 is 10.2 Å². The highest BCUT2D eigenvalue weighted by atomic mass is 32.1. The van der Waals surface area contributed by atoms with Crippen LogP contribution >= 0.6 is 11.3 Å². The number of hydrogen-bond acceptors (Lipinski definition) is 5. The van der Waals surface area contributed by atoms with Gasteiger partial charge >= 0.3 is 0 Å². The second kappa shape index (κ2) is 7.86. The van der Waals surface area contributed by atoms with Gasteiger partial charge in [0.25, 0.3) is 5.56 Å². The summed E-state index contributed by atoms with van der Waals surface area (Å²) in [5.41, 5.74) is 3.00. The summed E-state index contributed by atoms with van der Waals surface area (Å²) < 4.78 is 1.76. The van der Waals surface area contributed by atoms with Crippen molar-refractivity contribution in [3.63, 3.8) is 0 Å². The van der Waals surface area contributed by atoms with Gasteiger partial charge in [0.1, 0.15) is 5.01 Å². The molecule has 29 heavy (non-hydrogen) atoms. The van der Waals surface area contributed by atoms with E-state index >= 15 is 0 Å². The molecule has 3 fully saturated rings. The van der Waals surface area contributed by atoms with Crippen molar-refractivity contribution >= 4 is 11.3 Å². The van der Waals surface area contributed by atoms with Crippen molar-refractivity contribution in [1.82, 2.24) is 19.8 Å². The van der Waals surface area contributed by atoms with Crippen LogP contribution in [0.3, 0.4) is 0 Å². The maximum absolute atomic E-state index is 12.7. The second-order valence-electron chi connectivity index (χ2n) is 8.16. The molecule has 0 radical (unpaired) electrons. The van der Waals surface area contributed by atoms with Crippen LogP contribution in [0.5, 0.6) is 0 Å². The lowest BCUT2D eigenvalue weighted by atomic mass is 9.84. The maximum Gasteiger partial charge on any atom is 0.255 e. The van der Waals surface area contributed by atoms with Crippen LogP contribution in [0.25, 0.3) is 16.3 Å². The quantitative estimate of drug-likeness (QED) is 0.705. The Morgan fingerprint density at radius 2 is 2.00 bits per heavy atom. The third-order valence-corrected chi connectivity index (χ3v) is 7.16. The van der Waals surface area contributed by atoms with Gasteiger partial charge in [-0.25, -0.2) is 4.98 Å². The van der Waals surface area contributed by atoms with Crippen LogP contribution in [0.15, 0.2) is 53.6 Å². The predicted octanol–water partition coefficient (Wildman–Crippen LogP) is 3.45. The van der Waals surface area contributed by atoms with E-state index < -0.39 is 0 Å². The van der Waals surface area contributed by atoms with Crippen molar-refractivity contribution in [2.24, 2.45) is 5.92 Å². The number of rotatable bonds is 5. The average Bonchev–Trinajstić information content (AvgIpc) is 3.20. The minimum Gasteiger partial charge on any atom is -0.308 e. The van der Waals surface area contributed by atoms with Gasteiger partial charge in [-0.05, 0) is 56.5 Å². The largest absolute Gasteiger partial charge is 0.308 e. The number of hydrogen-bond donors (Lipinski definition) is 1. The highest BCUT2D eigenvalue weighted by molar-refractivity contribution is 7.15. The molecule has 1 unspecified atom stereocenters. The van der Waals surface area contributed by atoms with E-state index in [1.165, 1.54) is 25.9 Å². The fraction of sp³-hybridized carbons (Fsp3) is 0.391. The molecule has 2 aromatic heterocycles. The first-order valence-corrected chi connectivity index (χ1v) is 11.2. The molecule has 1 aromatic carbocycles. The average molecular weight is 407 g/mol. The standard InChI is InChI=1S/C23H26N4OS/c1-16-12-25-23(29-16)19-4-2-3-5-21(19)27-14-17(6-7-22(27)28)13-24-20-15-26-10-8-18(20)9-11-26/h2-7,12,14,18,20,24H,8-11,13,15H2,1H3. The van der Waals surface area contributed by atoms with Gasteiger partial charge in [-0.3, -0.25) is 9.36 Å². The molecule has 5 nitrogen and oxygen atoms in total. The van der Waals surface area contributed by atoms with Gasteiger partial charge in [-0.2, -0.15) is 0 Å². The molecule has 1 N–H and O–H groups in total. The van der Waals surface area contributed by atoms with Gasteiger partial charge in [0.15, 0.2) is 0 Å². The van der Waals surface area contributed by atoms with E-state index in [1.807, 2.05) is 42.7 Å². The van der Waals surface area contributed by atoms with E-state index in [4.69, 9.17) is 0 Å². The van der Waals surface area contributed by atoms with E-state index in [2.05, 4.69) is 22.1 Å². The lowest BCUT2D eigenvalue weighted by molar-refractivity contribution is 0.0720. The SMILES string of the molecule is Cc1cnc(-c2ccccc2-n2cc(CNC3CN4CCC3CC4)ccc2=O)s1. The monoisotopic (exact) mass is 406 g/mol. The maximum atomic E-state index is 12.7. The van der Waals surface area contributed by atoms with E-state index in [0.29, 0.717) is 6.04 Å². The van der Waals surface area contributed by atoms with Crippen molar-refractivity contribution in [3.05, 3.63) is 69.6 Å². The molecule has 0 amide bonds. The number of fused-ring (bicyclic) bond motifs is 3. The predicted molar refractivity (Wildman–Crippen MR) is 118 cm³/mol. The molecule has 1 atom stereocenters. The van der Waals surface area contributed by atoms with Crippen molar-refractivity contribution in [2.45, 2.75) is 32.4 Å². The zero-order chi connectivity index (χ0) is 19.8. The highest BCUT2D eigenvalue weighted by Crippen LogP contribution is 2.30. The Balaban J connectivity index is 1.41. The Morgan fingerprint density at radius 1 is 1.17 bits per heavy atom. The van der Waals surface area contributed by atoms with Gasteiger partial charge in [-0.1, -0.05) is 18.2 Å². The number of aromatic nitrogens is 2. The van der Waals surface area contributed by atoms with Crippen LogP contribution in [-0.4, -0.2) is 40.1 Å². The molecular formula is C23H26N4OS. The smallest absolute Gasteiger partial charge is 0.255 e. The first-order valence-electron chi connectivity index (χ1n) is 10.4. The summed E-state index contributed by atoms with van der Waals surface area (Å²) in [5, 5.41) is 4.69. The zero-order valence-electron chi connectivity index (χ0n) is 16.7. The Labute approximate surface area is 175 Å². The molecule has 6 heteroatoms. The number of piperidine rings is 3. The topological polar surface area (TPSA) is 50.2 Å². The van der Waals surface area contributed by atoms with Gasteiger partial charge in [0, 0.05) is 48.0 Å². The minimum atomic E-state index is -0.0164. The molecule has 3 saturated heterocycles. The van der Waals surface area contributed by atoms with E-state index in [-0.39, 0.29) is 5.56 Å².